The highest BCUT2D eigenvalue weighted by Crippen LogP contribution is 2.19. The molecule has 0 radical (unpaired) electrons. The molecule has 0 atom stereocenters. The fourth-order valence-corrected chi connectivity index (χ4v) is 2.49. The fraction of sp³-hybridized carbons (Fsp3) is 0.154. The van der Waals surface area contributed by atoms with Gasteiger partial charge in [-0.1, -0.05) is 0 Å². The minimum atomic E-state index is -0.958. The molecule has 0 spiro atoms. The van der Waals surface area contributed by atoms with E-state index in [1.165, 1.54) is 17.4 Å². The second-order valence-electron chi connectivity index (χ2n) is 4.13. The minimum absolute atomic E-state index is 0.0623. The van der Waals surface area contributed by atoms with Crippen LogP contribution in [0.1, 0.15) is 20.8 Å². The summed E-state index contributed by atoms with van der Waals surface area (Å²) in [5.41, 5.74) is 0.428. The summed E-state index contributed by atoms with van der Waals surface area (Å²) in [6.07, 6.45) is 0. The maximum atomic E-state index is 13.2. The van der Waals surface area contributed by atoms with Gasteiger partial charge in [0, 0.05) is 16.5 Å². The highest BCUT2D eigenvalue weighted by atomic mass is 32.1. The van der Waals surface area contributed by atoms with Crippen molar-refractivity contribution in [3.8, 4) is 0 Å². The molecule has 1 aromatic heterocycles. The number of hydrogen-bond acceptors (Lipinski definition) is 4. The van der Waals surface area contributed by atoms with Crippen LogP contribution in [0, 0.1) is 22.9 Å². The molecular weight excluding hydrogens is 283 g/mol. The summed E-state index contributed by atoms with van der Waals surface area (Å²) in [7, 11) is 0. The van der Waals surface area contributed by atoms with Crippen LogP contribution >= 0.6 is 11.3 Å². The summed E-state index contributed by atoms with van der Waals surface area (Å²) in [5, 5.41) is 15.2. The number of aryl methyl sites for hydroxylation is 1. The lowest BCUT2D eigenvalue weighted by Gasteiger charge is -2.05. The molecule has 5 nitrogen and oxygen atoms in total. The van der Waals surface area contributed by atoms with Crippen molar-refractivity contribution in [1.82, 2.24) is 5.32 Å². The molecule has 1 heterocycles. The van der Waals surface area contributed by atoms with Crippen molar-refractivity contribution >= 4 is 22.9 Å². The smallest absolute Gasteiger partial charge is 0.305 e. The number of nitro benzene ring substituents is 1. The normalized spacial score (nSPS) is 10.3. The van der Waals surface area contributed by atoms with E-state index in [1.54, 1.807) is 0 Å². The minimum Gasteiger partial charge on any atom is -0.347 e. The Bertz CT molecular complexity index is 669. The maximum Gasteiger partial charge on any atom is 0.305 e. The van der Waals surface area contributed by atoms with Crippen LogP contribution in [0.2, 0.25) is 0 Å². The van der Waals surface area contributed by atoms with Gasteiger partial charge in [0.05, 0.1) is 11.5 Å². The van der Waals surface area contributed by atoms with Gasteiger partial charge in [-0.05, 0) is 36.1 Å². The molecule has 0 aliphatic carbocycles. The Morgan fingerprint density at radius 3 is 2.80 bits per heavy atom. The van der Waals surface area contributed by atoms with Crippen molar-refractivity contribution in [2.24, 2.45) is 0 Å². The topological polar surface area (TPSA) is 72.2 Å². The van der Waals surface area contributed by atoms with E-state index in [0.717, 1.165) is 22.6 Å². The number of amides is 1. The highest BCUT2D eigenvalue weighted by molar-refractivity contribution is 7.10. The predicted octanol–water partition coefficient (Wildman–Crippen LogP) is 3.03. The standard InChI is InChI=1S/C13H11FN2O3S/c1-8-4-5-20-12(8)7-15-13(17)9-2-3-10(14)11(6-9)16(18)19/h2-6H,7H2,1H3,(H,15,17). The van der Waals surface area contributed by atoms with E-state index in [4.69, 9.17) is 0 Å². The Balaban J connectivity index is 2.12. The summed E-state index contributed by atoms with van der Waals surface area (Å²) in [4.78, 5) is 22.7. The monoisotopic (exact) mass is 294 g/mol. The predicted molar refractivity (Wildman–Crippen MR) is 73.3 cm³/mol. The number of carbonyl (C=O) groups is 1. The first-order valence-electron chi connectivity index (χ1n) is 5.74. The van der Waals surface area contributed by atoms with Crippen molar-refractivity contribution in [3.05, 3.63) is 61.6 Å². The highest BCUT2D eigenvalue weighted by Gasteiger charge is 2.17. The van der Waals surface area contributed by atoms with Gasteiger partial charge in [0.1, 0.15) is 0 Å². The van der Waals surface area contributed by atoms with Gasteiger partial charge in [0.25, 0.3) is 5.91 Å². The number of rotatable bonds is 4. The first-order chi connectivity index (χ1) is 9.49. The summed E-state index contributed by atoms with van der Waals surface area (Å²) in [6.45, 7) is 2.27. The van der Waals surface area contributed by atoms with E-state index in [1.807, 2.05) is 18.4 Å². The Labute approximate surface area is 118 Å². The third-order valence-electron chi connectivity index (χ3n) is 2.78. The van der Waals surface area contributed by atoms with Gasteiger partial charge in [-0.3, -0.25) is 14.9 Å². The Kier molecular flexibility index (Phi) is 4.09. The zero-order valence-corrected chi connectivity index (χ0v) is 11.4. The Morgan fingerprint density at radius 1 is 1.45 bits per heavy atom. The van der Waals surface area contributed by atoms with Gasteiger partial charge in [0.2, 0.25) is 5.82 Å². The second kappa shape index (κ2) is 5.79. The summed E-state index contributed by atoms with van der Waals surface area (Å²) >= 11 is 1.51. The molecule has 2 aromatic rings. The van der Waals surface area contributed by atoms with Crippen LogP contribution in [0.4, 0.5) is 10.1 Å². The lowest BCUT2D eigenvalue weighted by Crippen LogP contribution is -2.22. The van der Waals surface area contributed by atoms with Crippen LogP contribution in [0.5, 0.6) is 0 Å². The largest absolute Gasteiger partial charge is 0.347 e. The summed E-state index contributed by atoms with van der Waals surface area (Å²) < 4.78 is 13.2. The Morgan fingerprint density at radius 2 is 2.20 bits per heavy atom. The average molecular weight is 294 g/mol. The van der Waals surface area contributed by atoms with Crippen molar-refractivity contribution in [1.29, 1.82) is 0 Å². The lowest BCUT2D eigenvalue weighted by atomic mass is 10.2. The van der Waals surface area contributed by atoms with Crippen LogP contribution < -0.4 is 5.32 Å². The van der Waals surface area contributed by atoms with Gasteiger partial charge in [-0.15, -0.1) is 11.3 Å². The van der Waals surface area contributed by atoms with Gasteiger partial charge < -0.3 is 5.32 Å². The number of thiophene rings is 1. The lowest BCUT2D eigenvalue weighted by molar-refractivity contribution is -0.387. The molecule has 0 bridgehead atoms. The van der Waals surface area contributed by atoms with E-state index >= 15 is 0 Å². The molecular formula is C13H11FN2O3S. The third-order valence-corrected chi connectivity index (χ3v) is 3.81. The number of nitrogens with zero attached hydrogens (tertiary/aromatic N) is 1. The molecule has 1 aromatic carbocycles. The van der Waals surface area contributed by atoms with E-state index in [9.17, 15) is 19.3 Å². The number of benzene rings is 1. The van der Waals surface area contributed by atoms with Gasteiger partial charge in [0.15, 0.2) is 0 Å². The van der Waals surface area contributed by atoms with Crippen molar-refractivity contribution in [2.75, 3.05) is 0 Å². The molecule has 0 saturated carbocycles. The van der Waals surface area contributed by atoms with Crippen LogP contribution in [-0.2, 0) is 6.54 Å². The van der Waals surface area contributed by atoms with Gasteiger partial charge in [-0.2, -0.15) is 4.39 Å². The van der Waals surface area contributed by atoms with Crippen LogP contribution in [-0.4, -0.2) is 10.8 Å². The third kappa shape index (κ3) is 3.00. The maximum absolute atomic E-state index is 13.2. The molecule has 0 unspecified atom stereocenters. The number of carbonyl (C=O) groups excluding carboxylic acids is 1. The molecule has 20 heavy (non-hydrogen) atoms. The zero-order valence-electron chi connectivity index (χ0n) is 10.6. The molecule has 0 saturated heterocycles. The molecule has 0 aliphatic rings. The SMILES string of the molecule is Cc1ccsc1CNC(=O)c1ccc(F)c([N+](=O)[O-])c1. The second-order valence-corrected chi connectivity index (χ2v) is 5.13. The molecule has 0 fully saturated rings. The van der Waals surface area contributed by atoms with E-state index in [-0.39, 0.29) is 5.56 Å². The first kappa shape index (κ1) is 14.1. The molecule has 2 rings (SSSR count). The molecule has 1 amide bonds. The summed E-state index contributed by atoms with van der Waals surface area (Å²) in [6, 6.07) is 5.02. The summed E-state index contributed by atoms with van der Waals surface area (Å²) in [5.74, 6) is -1.43. The fourth-order valence-electron chi connectivity index (χ4n) is 1.64. The van der Waals surface area contributed by atoms with E-state index < -0.39 is 22.3 Å². The molecule has 104 valence electrons. The van der Waals surface area contributed by atoms with Gasteiger partial charge in [-0.25, -0.2) is 0 Å². The van der Waals surface area contributed by atoms with E-state index in [2.05, 4.69) is 5.32 Å². The number of nitrogens with one attached hydrogen (secondary N) is 1. The average Bonchev–Trinajstić information content (AvgIpc) is 2.81. The zero-order chi connectivity index (χ0) is 14.7. The van der Waals surface area contributed by atoms with Crippen molar-refractivity contribution in [2.45, 2.75) is 13.5 Å². The molecule has 7 heteroatoms. The number of nitro groups is 1. The molecule has 0 aliphatic heterocycles. The molecule has 1 N–H and O–H groups in total. The van der Waals surface area contributed by atoms with E-state index in [0.29, 0.717) is 6.54 Å². The van der Waals surface area contributed by atoms with Crippen molar-refractivity contribution in [3.63, 3.8) is 0 Å². The van der Waals surface area contributed by atoms with Crippen LogP contribution in [0.3, 0.4) is 0 Å². The first-order valence-corrected chi connectivity index (χ1v) is 6.62. The Hall–Kier alpha value is -2.28. The van der Waals surface area contributed by atoms with Crippen LogP contribution in [0.15, 0.2) is 29.6 Å². The quantitative estimate of drug-likeness (QED) is 0.696. The van der Waals surface area contributed by atoms with Crippen molar-refractivity contribution < 1.29 is 14.1 Å². The van der Waals surface area contributed by atoms with Gasteiger partial charge >= 0.3 is 5.69 Å². The van der Waals surface area contributed by atoms with Crippen LogP contribution in [0.25, 0.3) is 0 Å². The number of halogens is 1. The number of hydrogen-bond donors (Lipinski definition) is 1.